The van der Waals surface area contributed by atoms with Gasteiger partial charge in [0.25, 0.3) is 0 Å². The summed E-state index contributed by atoms with van der Waals surface area (Å²) < 4.78 is 0. The van der Waals surface area contributed by atoms with Crippen molar-refractivity contribution in [2.45, 2.75) is 155 Å². The van der Waals surface area contributed by atoms with Crippen LogP contribution in [0.25, 0.3) is 0 Å². The number of benzene rings is 1. The highest BCUT2D eigenvalue weighted by atomic mass is 15.4. The van der Waals surface area contributed by atoms with Crippen LogP contribution in [0.15, 0.2) is 42.7 Å². The first-order valence-corrected chi connectivity index (χ1v) is 15.6. The van der Waals surface area contributed by atoms with Crippen molar-refractivity contribution in [1.82, 2.24) is 9.80 Å². The molecule has 0 N–H and O–H groups in total. The second-order valence-electron chi connectivity index (χ2n) is 11.0. The van der Waals surface area contributed by atoms with E-state index >= 15 is 0 Å². The highest BCUT2D eigenvalue weighted by molar-refractivity contribution is 5.15. The molecule has 2 heteroatoms. The average molecular weight is 483 g/mol. The Hall–Kier alpha value is -1.44. The van der Waals surface area contributed by atoms with Gasteiger partial charge in [0.2, 0.25) is 0 Å². The van der Waals surface area contributed by atoms with E-state index in [1.165, 1.54) is 141 Å². The first-order valence-electron chi connectivity index (χ1n) is 15.6. The van der Waals surface area contributed by atoms with Crippen molar-refractivity contribution in [3.8, 4) is 0 Å². The van der Waals surface area contributed by atoms with E-state index in [4.69, 9.17) is 0 Å². The Kier molecular flexibility index (Phi) is 17.6. The van der Waals surface area contributed by atoms with E-state index in [-0.39, 0.29) is 0 Å². The third-order valence-corrected chi connectivity index (χ3v) is 7.76. The Bertz CT molecular complexity index is 611. The standard InChI is InChI=1S/C33H58N2/c1-3-5-7-8-9-10-11-12-13-14-15-16-17-18-19-20-24-27-33-34(28-6-4-2)29-30-35(33)31-32-25-22-21-23-26-32/h21-23,25-26,29-30,33H,3-20,24,27-28,31H2,1-2H3. The molecule has 0 saturated carbocycles. The lowest BCUT2D eigenvalue weighted by atomic mass is 10.0. The summed E-state index contributed by atoms with van der Waals surface area (Å²) >= 11 is 0. The fourth-order valence-corrected chi connectivity index (χ4v) is 5.46. The maximum atomic E-state index is 2.60. The molecule has 0 aliphatic carbocycles. The van der Waals surface area contributed by atoms with E-state index in [1.807, 2.05) is 0 Å². The van der Waals surface area contributed by atoms with E-state index in [2.05, 4.69) is 66.4 Å². The zero-order valence-corrected chi connectivity index (χ0v) is 23.6. The molecule has 1 atom stereocenters. The normalized spacial score (nSPS) is 15.4. The predicted octanol–water partition coefficient (Wildman–Crippen LogP) is 10.4. The largest absolute Gasteiger partial charge is 0.356 e. The van der Waals surface area contributed by atoms with E-state index in [0.717, 1.165) is 6.54 Å². The van der Waals surface area contributed by atoms with Crippen LogP contribution in [-0.2, 0) is 6.54 Å². The van der Waals surface area contributed by atoms with Crippen molar-refractivity contribution in [2.24, 2.45) is 0 Å². The molecule has 0 spiro atoms. The zero-order chi connectivity index (χ0) is 24.8. The molecular weight excluding hydrogens is 424 g/mol. The van der Waals surface area contributed by atoms with Gasteiger partial charge in [-0.15, -0.1) is 0 Å². The number of rotatable bonds is 23. The van der Waals surface area contributed by atoms with Crippen LogP contribution in [0, 0.1) is 0 Å². The minimum Gasteiger partial charge on any atom is -0.356 e. The van der Waals surface area contributed by atoms with Crippen molar-refractivity contribution < 1.29 is 0 Å². The molecule has 2 rings (SSSR count). The molecule has 0 aromatic heterocycles. The summed E-state index contributed by atoms with van der Waals surface area (Å²) in [6, 6.07) is 11.0. The summed E-state index contributed by atoms with van der Waals surface area (Å²) in [5, 5.41) is 0. The van der Waals surface area contributed by atoms with Crippen molar-refractivity contribution in [1.29, 1.82) is 0 Å². The monoisotopic (exact) mass is 482 g/mol. The first kappa shape index (κ1) is 29.8. The minimum atomic E-state index is 0.554. The Morgan fingerprint density at radius 2 is 0.971 bits per heavy atom. The maximum Gasteiger partial charge on any atom is 0.101 e. The molecule has 200 valence electrons. The van der Waals surface area contributed by atoms with Crippen LogP contribution < -0.4 is 0 Å². The summed E-state index contributed by atoms with van der Waals surface area (Å²) in [5.41, 5.74) is 1.42. The second kappa shape index (κ2) is 20.7. The van der Waals surface area contributed by atoms with Crippen LogP contribution in [0.4, 0.5) is 0 Å². The fourth-order valence-electron chi connectivity index (χ4n) is 5.46. The highest BCUT2D eigenvalue weighted by Gasteiger charge is 2.25. The lowest BCUT2D eigenvalue weighted by Crippen LogP contribution is -2.38. The Balaban J connectivity index is 1.46. The Morgan fingerprint density at radius 1 is 0.514 bits per heavy atom. The third kappa shape index (κ3) is 14.0. The molecule has 1 aliphatic rings. The molecule has 0 bridgehead atoms. The molecule has 1 heterocycles. The summed E-state index contributed by atoms with van der Waals surface area (Å²) in [7, 11) is 0. The van der Waals surface area contributed by atoms with Gasteiger partial charge in [0.1, 0.15) is 6.17 Å². The van der Waals surface area contributed by atoms with Crippen molar-refractivity contribution in [2.75, 3.05) is 6.54 Å². The van der Waals surface area contributed by atoms with E-state index in [1.54, 1.807) is 0 Å². The van der Waals surface area contributed by atoms with Gasteiger partial charge in [0, 0.05) is 25.5 Å². The zero-order valence-electron chi connectivity index (χ0n) is 23.6. The Morgan fingerprint density at radius 3 is 1.49 bits per heavy atom. The van der Waals surface area contributed by atoms with Gasteiger partial charge in [-0.25, -0.2) is 0 Å². The molecule has 1 aromatic rings. The lowest BCUT2D eigenvalue weighted by molar-refractivity contribution is 0.132. The molecule has 1 aromatic carbocycles. The SMILES string of the molecule is CCCCCCCCCCCCCCCCCCCC1N(CCCC)C=CN1Cc1ccccc1. The topological polar surface area (TPSA) is 6.48 Å². The van der Waals surface area contributed by atoms with Crippen LogP contribution in [0.1, 0.15) is 148 Å². The molecular formula is C33H58N2. The van der Waals surface area contributed by atoms with Gasteiger partial charge in [-0.3, -0.25) is 0 Å². The van der Waals surface area contributed by atoms with Gasteiger partial charge >= 0.3 is 0 Å². The average Bonchev–Trinajstić information content (AvgIpc) is 3.26. The van der Waals surface area contributed by atoms with Gasteiger partial charge in [-0.2, -0.15) is 0 Å². The summed E-state index contributed by atoms with van der Waals surface area (Å²) in [4.78, 5) is 5.16. The van der Waals surface area contributed by atoms with Crippen molar-refractivity contribution in [3.63, 3.8) is 0 Å². The van der Waals surface area contributed by atoms with E-state index in [9.17, 15) is 0 Å². The molecule has 0 saturated heterocycles. The molecule has 35 heavy (non-hydrogen) atoms. The molecule has 1 aliphatic heterocycles. The van der Waals surface area contributed by atoms with Gasteiger partial charge in [0.05, 0.1) is 0 Å². The number of nitrogens with zero attached hydrogens (tertiary/aromatic N) is 2. The molecule has 0 amide bonds. The number of unbranched alkanes of at least 4 members (excludes halogenated alkanes) is 17. The fraction of sp³-hybridized carbons (Fsp3) is 0.758. The molecule has 2 nitrogen and oxygen atoms in total. The van der Waals surface area contributed by atoms with Gasteiger partial charge < -0.3 is 9.80 Å². The maximum absolute atomic E-state index is 2.60. The smallest absolute Gasteiger partial charge is 0.101 e. The predicted molar refractivity (Wildman–Crippen MR) is 155 cm³/mol. The van der Waals surface area contributed by atoms with Crippen molar-refractivity contribution in [3.05, 3.63) is 48.3 Å². The number of hydrogen-bond donors (Lipinski definition) is 0. The van der Waals surface area contributed by atoms with Crippen LogP contribution in [0.3, 0.4) is 0 Å². The van der Waals surface area contributed by atoms with Crippen LogP contribution in [-0.4, -0.2) is 22.5 Å². The summed E-state index contributed by atoms with van der Waals surface area (Å²) in [6.07, 6.45) is 33.6. The van der Waals surface area contributed by atoms with Gasteiger partial charge in [0.15, 0.2) is 0 Å². The van der Waals surface area contributed by atoms with E-state index < -0.39 is 0 Å². The molecule has 0 fully saturated rings. The number of hydrogen-bond acceptors (Lipinski definition) is 2. The van der Waals surface area contributed by atoms with Crippen LogP contribution in [0.2, 0.25) is 0 Å². The lowest BCUT2D eigenvalue weighted by Gasteiger charge is -2.33. The summed E-state index contributed by atoms with van der Waals surface area (Å²) in [5.74, 6) is 0. The third-order valence-electron chi connectivity index (χ3n) is 7.76. The summed E-state index contributed by atoms with van der Waals surface area (Å²) in [6.45, 7) is 6.83. The quantitative estimate of drug-likeness (QED) is 0.143. The molecule has 1 unspecified atom stereocenters. The minimum absolute atomic E-state index is 0.554. The second-order valence-corrected chi connectivity index (χ2v) is 11.0. The van der Waals surface area contributed by atoms with Gasteiger partial charge in [-0.05, 0) is 24.8 Å². The first-order chi connectivity index (χ1) is 17.3. The Labute approximate surface area is 219 Å². The van der Waals surface area contributed by atoms with Crippen LogP contribution in [0.5, 0.6) is 0 Å². The van der Waals surface area contributed by atoms with E-state index in [0.29, 0.717) is 6.17 Å². The highest BCUT2D eigenvalue weighted by Crippen LogP contribution is 2.24. The van der Waals surface area contributed by atoms with Crippen LogP contribution >= 0.6 is 0 Å². The molecule has 0 radical (unpaired) electrons. The van der Waals surface area contributed by atoms with Gasteiger partial charge in [-0.1, -0.05) is 153 Å². The van der Waals surface area contributed by atoms with Crippen molar-refractivity contribution >= 4 is 0 Å².